The Hall–Kier alpha value is -3.02. The van der Waals surface area contributed by atoms with Crippen LogP contribution in [-0.2, 0) is 22.9 Å². The second-order valence-corrected chi connectivity index (χ2v) is 11.5. The molecule has 4 atom stereocenters. The van der Waals surface area contributed by atoms with Gasteiger partial charge in [0.2, 0.25) is 0 Å². The standard InChI is InChI=1S/C30H35ClF3N5O2/c1-17-12-22(13-18(2)36-17)29(40,26-16-35-38-39(26)4)21-10-11-25-23(15-21)27(31)24(28(3,37-25)41-5)14-19-6-8-20(9-7-19)30(32,33)34/h6-12,15-18,35-38,40H,13-14H2,1-5H3. The molecule has 0 spiro atoms. The highest BCUT2D eigenvalue weighted by Gasteiger charge is 2.44. The van der Waals surface area contributed by atoms with E-state index in [1.54, 1.807) is 18.3 Å². The van der Waals surface area contributed by atoms with Gasteiger partial charge in [-0.05, 0) is 74.6 Å². The van der Waals surface area contributed by atoms with E-state index in [0.717, 1.165) is 17.7 Å². The van der Waals surface area contributed by atoms with Crippen molar-refractivity contribution in [2.75, 3.05) is 19.5 Å². The molecule has 0 fully saturated rings. The molecule has 0 aliphatic carbocycles. The van der Waals surface area contributed by atoms with Gasteiger partial charge >= 0.3 is 6.18 Å². The van der Waals surface area contributed by atoms with Crippen LogP contribution in [-0.4, -0.2) is 42.1 Å². The number of methoxy groups -OCH3 is 1. The van der Waals surface area contributed by atoms with Gasteiger partial charge in [-0.2, -0.15) is 13.2 Å². The Labute approximate surface area is 243 Å². The predicted octanol–water partition coefficient (Wildman–Crippen LogP) is 5.37. The summed E-state index contributed by atoms with van der Waals surface area (Å²) in [5.41, 5.74) is 7.59. The highest BCUT2D eigenvalue weighted by Crippen LogP contribution is 2.47. The summed E-state index contributed by atoms with van der Waals surface area (Å²) in [6.45, 7) is 5.97. The summed E-state index contributed by atoms with van der Waals surface area (Å²) in [7, 11) is 3.38. The zero-order valence-electron chi connectivity index (χ0n) is 23.6. The SMILES string of the molecule is COC1(C)Nc2ccc(C(O)(C3=CC(C)NC(C)C3)C3=CNNN3C)cc2C(Cl)=C1Cc1ccc(C(F)(F)F)cc1. The number of anilines is 1. The number of likely N-dealkylation sites (N-methyl/N-ethyl adjacent to an activating group) is 1. The number of halogens is 4. The van der Waals surface area contributed by atoms with Crippen LogP contribution in [0.25, 0.3) is 5.03 Å². The molecule has 3 heterocycles. The zero-order valence-corrected chi connectivity index (χ0v) is 24.3. The maximum absolute atomic E-state index is 13.1. The van der Waals surface area contributed by atoms with E-state index in [4.69, 9.17) is 16.3 Å². The Morgan fingerprint density at radius 1 is 1.12 bits per heavy atom. The summed E-state index contributed by atoms with van der Waals surface area (Å²) < 4.78 is 45.2. The first kappa shape index (κ1) is 29.5. The van der Waals surface area contributed by atoms with Crippen molar-refractivity contribution in [2.24, 2.45) is 0 Å². The molecule has 3 aliphatic heterocycles. The number of hydrogen-bond donors (Lipinski definition) is 5. The normalized spacial score (nSPS) is 26.0. The van der Waals surface area contributed by atoms with Gasteiger partial charge in [-0.1, -0.05) is 35.9 Å². The van der Waals surface area contributed by atoms with Crippen LogP contribution in [0.4, 0.5) is 18.9 Å². The second-order valence-electron chi connectivity index (χ2n) is 11.1. The van der Waals surface area contributed by atoms with Crippen LogP contribution in [0.3, 0.4) is 0 Å². The van der Waals surface area contributed by atoms with Crippen molar-refractivity contribution in [1.82, 2.24) is 21.3 Å². The van der Waals surface area contributed by atoms with Gasteiger partial charge in [-0.15, -0.1) is 5.53 Å². The van der Waals surface area contributed by atoms with Crippen molar-refractivity contribution in [3.05, 3.63) is 93.8 Å². The number of alkyl halides is 3. The summed E-state index contributed by atoms with van der Waals surface area (Å²) >= 11 is 7.10. The van der Waals surface area contributed by atoms with E-state index in [-0.39, 0.29) is 18.5 Å². The van der Waals surface area contributed by atoms with Crippen LogP contribution in [0.15, 0.2) is 71.6 Å². The molecule has 0 saturated carbocycles. The molecule has 2 aromatic carbocycles. The lowest BCUT2D eigenvalue weighted by molar-refractivity contribution is -0.137. The molecule has 0 aromatic heterocycles. The fourth-order valence-electron chi connectivity index (χ4n) is 5.92. The summed E-state index contributed by atoms with van der Waals surface area (Å²) in [5, 5.41) is 21.6. The number of aliphatic hydroxyl groups is 1. The molecule has 0 amide bonds. The van der Waals surface area contributed by atoms with Crippen LogP contribution < -0.4 is 21.6 Å². The molecule has 11 heteroatoms. The molecule has 0 radical (unpaired) electrons. The average molecular weight is 590 g/mol. The maximum atomic E-state index is 13.1. The molecular formula is C30H35ClF3N5O2. The zero-order chi connectivity index (χ0) is 29.7. The van der Waals surface area contributed by atoms with Crippen molar-refractivity contribution < 1.29 is 23.0 Å². The van der Waals surface area contributed by atoms with Crippen molar-refractivity contribution >= 4 is 22.3 Å². The molecular weight excluding hydrogens is 555 g/mol. The number of rotatable bonds is 6. The lowest BCUT2D eigenvalue weighted by atomic mass is 9.77. The highest BCUT2D eigenvalue weighted by molar-refractivity contribution is 6.50. The molecule has 0 bridgehead atoms. The molecule has 41 heavy (non-hydrogen) atoms. The van der Waals surface area contributed by atoms with E-state index < -0.39 is 23.1 Å². The minimum Gasteiger partial charge on any atom is -0.375 e. The van der Waals surface area contributed by atoms with Crippen LogP contribution in [0, 0.1) is 0 Å². The largest absolute Gasteiger partial charge is 0.416 e. The first-order chi connectivity index (χ1) is 19.3. The topological polar surface area (TPSA) is 80.8 Å². The van der Waals surface area contributed by atoms with Gasteiger partial charge in [0, 0.05) is 49.3 Å². The van der Waals surface area contributed by atoms with Gasteiger partial charge in [0.15, 0.2) is 11.3 Å². The molecule has 3 aliphatic rings. The molecule has 220 valence electrons. The van der Waals surface area contributed by atoms with E-state index in [2.05, 4.69) is 41.5 Å². The highest BCUT2D eigenvalue weighted by atomic mass is 35.5. The summed E-state index contributed by atoms with van der Waals surface area (Å²) in [5.74, 6) is 0. The van der Waals surface area contributed by atoms with E-state index in [0.29, 0.717) is 45.1 Å². The fraction of sp³-hybridized carbons (Fsp3) is 0.400. The maximum Gasteiger partial charge on any atom is 0.416 e. The van der Waals surface area contributed by atoms with Crippen LogP contribution in [0.5, 0.6) is 0 Å². The summed E-state index contributed by atoms with van der Waals surface area (Å²) in [6.07, 6.45) is 0.273. The van der Waals surface area contributed by atoms with E-state index in [1.165, 1.54) is 12.1 Å². The first-order valence-electron chi connectivity index (χ1n) is 13.4. The second kappa shape index (κ2) is 10.7. The summed E-state index contributed by atoms with van der Waals surface area (Å²) in [4.78, 5) is 0. The Morgan fingerprint density at radius 2 is 1.80 bits per heavy atom. The minimum atomic E-state index is -4.41. The monoisotopic (exact) mass is 589 g/mol. The van der Waals surface area contributed by atoms with Gasteiger partial charge in [0.25, 0.3) is 0 Å². The third-order valence-electron chi connectivity index (χ3n) is 8.12. The van der Waals surface area contributed by atoms with Crippen LogP contribution in [0.1, 0.15) is 49.4 Å². The van der Waals surface area contributed by atoms with E-state index >= 15 is 0 Å². The Balaban J connectivity index is 1.61. The molecule has 4 unspecified atom stereocenters. The van der Waals surface area contributed by atoms with Crippen LogP contribution >= 0.6 is 11.6 Å². The van der Waals surface area contributed by atoms with Gasteiger partial charge in [-0.3, -0.25) is 5.01 Å². The number of nitrogens with zero attached hydrogens (tertiary/aromatic N) is 1. The van der Waals surface area contributed by atoms with Crippen molar-refractivity contribution in [1.29, 1.82) is 0 Å². The fourth-order valence-corrected chi connectivity index (χ4v) is 6.33. The molecule has 2 aromatic rings. The Kier molecular flexibility index (Phi) is 7.67. The quantitative estimate of drug-likeness (QED) is 0.290. The van der Waals surface area contributed by atoms with Crippen molar-refractivity contribution in [2.45, 2.75) is 63.2 Å². The summed E-state index contributed by atoms with van der Waals surface area (Å²) in [6, 6.07) is 10.9. The number of fused-ring (bicyclic) bond motifs is 1. The molecule has 5 N–H and O–H groups in total. The predicted molar refractivity (Wildman–Crippen MR) is 154 cm³/mol. The van der Waals surface area contributed by atoms with Crippen molar-refractivity contribution in [3.8, 4) is 0 Å². The number of ether oxygens (including phenoxy) is 1. The lowest BCUT2D eigenvalue weighted by Crippen LogP contribution is -2.46. The van der Waals surface area contributed by atoms with Gasteiger partial charge in [0.05, 0.1) is 16.3 Å². The number of hydrogen-bond acceptors (Lipinski definition) is 7. The third-order valence-corrected chi connectivity index (χ3v) is 8.55. The number of benzene rings is 2. The first-order valence-corrected chi connectivity index (χ1v) is 13.8. The third kappa shape index (κ3) is 5.35. The molecule has 5 rings (SSSR count). The Bertz CT molecular complexity index is 1420. The van der Waals surface area contributed by atoms with Crippen LogP contribution in [0.2, 0.25) is 0 Å². The average Bonchev–Trinajstić information content (AvgIpc) is 3.36. The molecule has 0 saturated heterocycles. The van der Waals surface area contributed by atoms with Gasteiger partial charge < -0.3 is 25.9 Å². The lowest BCUT2D eigenvalue weighted by Gasteiger charge is -2.41. The Morgan fingerprint density at radius 3 is 2.39 bits per heavy atom. The number of hydrazine groups is 2. The van der Waals surface area contributed by atoms with E-state index in [9.17, 15) is 18.3 Å². The van der Waals surface area contributed by atoms with Crippen molar-refractivity contribution in [3.63, 3.8) is 0 Å². The van der Waals surface area contributed by atoms with E-state index in [1.807, 2.05) is 32.2 Å². The molecule has 7 nitrogen and oxygen atoms in total. The van der Waals surface area contributed by atoms with Gasteiger partial charge in [0.1, 0.15) is 0 Å². The smallest absolute Gasteiger partial charge is 0.375 e. The number of nitrogens with one attached hydrogen (secondary N) is 4. The minimum absolute atomic E-state index is 0.0639. The van der Waals surface area contributed by atoms with Gasteiger partial charge in [-0.25, -0.2) is 0 Å².